The highest BCUT2D eigenvalue weighted by Gasteiger charge is 2.07. The highest BCUT2D eigenvalue weighted by molar-refractivity contribution is 5.86. The number of aromatic nitrogens is 2. The second-order valence-electron chi connectivity index (χ2n) is 4.90. The first-order valence-corrected chi connectivity index (χ1v) is 6.59. The number of pyridine rings is 1. The molecule has 4 nitrogen and oxygen atoms in total. The van der Waals surface area contributed by atoms with Crippen LogP contribution in [0.3, 0.4) is 0 Å². The van der Waals surface area contributed by atoms with E-state index in [1.165, 1.54) is 11.8 Å². The lowest BCUT2D eigenvalue weighted by molar-refractivity contribution is 0.0691. The summed E-state index contributed by atoms with van der Waals surface area (Å²) < 4.78 is 1.72. The summed E-state index contributed by atoms with van der Waals surface area (Å²) in [6.45, 7) is 2.06. The largest absolute Gasteiger partial charge is 0.476 e. The van der Waals surface area contributed by atoms with Crippen LogP contribution >= 0.6 is 0 Å². The van der Waals surface area contributed by atoms with Gasteiger partial charge in [-0.2, -0.15) is 0 Å². The van der Waals surface area contributed by atoms with Crippen molar-refractivity contribution in [1.29, 1.82) is 0 Å². The number of carbonyl (C=O) groups is 1. The van der Waals surface area contributed by atoms with E-state index in [1.807, 2.05) is 24.4 Å². The van der Waals surface area contributed by atoms with Crippen LogP contribution in [0.5, 0.6) is 0 Å². The molecule has 0 bridgehead atoms. The lowest BCUT2D eigenvalue weighted by Crippen LogP contribution is -1.94. The molecule has 2 aromatic heterocycles. The zero-order valence-electron chi connectivity index (χ0n) is 11.5. The lowest BCUT2D eigenvalue weighted by Gasteiger charge is -1.97. The highest BCUT2D eigenvalue weighted by atomic mass is 16.4. The van der Waals surface area contributed by atoms with Crippen molar-refractivity contribution in [2.45, 2.75) is 6.92 Å². The Morgan fingerprint density at radius 2 is 1.71 bits per heavy atom. The normalized spacial score (nSPS) is 11.3. The molecule has 4 heteroatoms. The van der Waals surface area contributed by atoms with Crippen molar-refractivity contribution >= 4 is 23.8 Å². The molecular formula is C17H14N2O2. The maximum absolute atomic E-state index is 10.9. The van der Waals surface area contributed by atoms with Gasteiger partial charge in [0.25, 0.3) is 0 Å². The second-order valence-corrected chi connectivity index (χ2v) is 4.90. The molecule has 0 fully saturated rings. The van der Waals surface area contributed by atoms with E-state index < -0.39 is 5.97 Å². The Hall–Kier alpha value is -2.88. The van der Waals surface area contributed by atoms with Gasteiger partial charge in [0.05, 0.1) is 0 Å². The van der Waals surface area contributed by atoms with Crippen LogP contribution in [0, 0.1) is 6.92 Å². The fourth-order valence-corrected chi connectivity index (χ4v) is 2.08. The molecule has 21 heavy (non-hydrogen) atoms. The van der Waals surface area contributed by atoms with Crippen molar-refractivity contribution in [2.75, 3.05) is 0 Å². The molecule has 0 atom stereocenters. The molecule has 104 valence electrons. The summed E-state index contributed by atoms with van der Waals surface area (Å²) >= 11 is 0. The average molecular weight is 278 g/mol. The van der Waals surface area contributed by atoms with Gasteiger partial charge in [0.15, 0.2) is 5.69 Å². The number of aryl methyl sites for hydroxylation is 1. The SMILES string of the molecule is Cc1ccc(/C=C/c2ccc3nc(C(=O)O)cn3c2)cc1. The van der Waals surface area contributed by atoms with E-state index >= 15 is 0 Å². The summed E-state index contributed by atoms with van der Waals surface area (Å²) in [5.74, 6) is -1.02. The number of aromatic carboxylic acids is 1. The molecule has 0 aliphatic rings. The van der Waals surface area contributed by atoms with Gasteiger partial charge in [-0.25, -0.2) is 9.78 Å². The van der Waals surface area contributed by atoms with Crippen LogP contribution in [0.1, 0.15) is 27.2 Å². The second kappa shape index (κ2) is 5.25. The first-order chi connectivity index (χ1) is 10.1. The minimum Gasteiger partial charge on any atom is -0.476 e. The van der Waals surface area contributed by atoms with Crippen molar-refractivity contribution in [3.63, 3.8) is 0 Å². The third-order valence-electron chi connectivity index (χ3n) is 3.24. The number of fused-ring (bicyclic) bond motifs is 1. The van der Waals surface area contributed by atoms with Gasteiger partial charge in [0.1, 0.15) is 5.65 Å². The number of carboxylic acids is 1. The van der Waals surface area contributed by atoms with Crippen molar-refractivity contribution < 1.29 is 9.90 Å². The van der Waals surface area contributed by atoms with Crippen molar-refractivity contribution in [3.8, 4) is 0 Å². The molecule has 0 spiro atoms. The van der Waals surface area contributed by atoms with Crippen LogP contribution < -0.4 is 0 Å². The van der Waals surface area contributed by atoms with Gasteiger partial charge >= 0.3 is 5.97 Å². The minimum absolute atomic E-state index is 0.0506. The van der Waals surface area contributed by atoms with Gasteiger partial charge in [-0.3, -0.25) is 0 Å². The summed E-state index contributed by atoms with van der Waals surface area (Å²) in [6.07, 6.45) is 7.39. The predicted octanol–water partition coefficient (Wildman–Crippen LogP) is 3.51. The van der Waals surface area contributed by atoms with Gasteiger partial charge in [-0.05, 0) is 30.2 Å². The number of carboxylic acid groups (broad SMARTS) is 1. The van der Waals surface area contributed by atoms with E-state index in [4.69, 9.17) is 5.11 Å². The van der Waals surface area contributed by atoms with Crippen LogP contribution in [0.25, 0.3) is 17.8 Å². The van der Waals surface area contributed by atoms with E-state index in [-0.39, 0.29) is 5.69 Å². The molecule has 1 N–H and O–H groups in total. The van der Waals surface area contributed by atoms with Crippen LogP contribution in [-0.4, -0.2) is 20.5 Å². The fourth-order valence-electron chi connectivity index (χ4n) is 2.08. The van der Waals surface area contributed by atoms with E-state index in [9.17, 15) is 4.79 Å². The average Bonchev–Trinajstić information content (AvgIpc) is 2.90. The van der Waals surface area contributed by atoms with Gasteiger partial charge < -0.3 is 9.51 Å². The number of hydrogen-bond donors (Lipinski definition) is 1. The molecule has 0 saturated carbocycles. The van der Waals surface area contributed by atoms with Crippen LogP contribution in [0.2, 0.25) is 0 Å². The van der Waals surface area contributed by atoms with Crippen LogP contribution in [-0.2, 0) is 0 Å². The molecule has 1 aromatic carbocycles. The van der Waals surface area contributed by atoms with E-state index in [2.05, 4.69) is 36.2 Å². The molecule has 0 aliphatic carbocycles. The van der Waals surface area contributed by atoms with Crippen LogP contribution in [0.4, 0.5) is 0 Å². The third kappa shape index (κ3) is 2.84. The maximum Gasteiger partial charge on any atom is 0.356 e. The van der Waals surface area contributed by atoms with Crippen molar-refractivity contribution in [3.05, 3.63) is 71.2 Å². The molecule has 0 saturated heterocycles. The maximum atomic E-state index is 10.9. The molecule has 3 aromatic rings. The number of rotatable bonds is 3. The quantitative estimate of drug-likeness (QED) is 0.797. The topological polar surface area (TPSA) is 54.6 Å². The molecule has 2 heterocycles. The van der Waals surface area contributed by atoms with E-state index in [0.29, 0.717) is 5.65 Å². The number of benzene rings is 1. The van der Waals surface area contributed by atoms with Crippen molar-refractivity contribution in [2.24, 2.45) is 0 Å². The summed E-state index contributed by atoms with van der Waals surface area (Å²) in [7, 11) is 0. The summed E-state index contributed by atoms with van der Waals surface area (Å²) in [4.78, 5) is 14.9. The van der Waals surface area contributed by atoms with Gasteiger partial charge in [0.2, 0.25) is 0 Å². The van der Waals surface area contributed by atoms with Gasteiger partial charge in [-0.1, -0.05) is 42.0 Å². The Morgan fingerprint density at radius 1 is 1.05 bits per heavy atom. The first-order valence-electron chi connectivity index (χ1n) is 6.59. The molecular weight excluding hydrogens is 264 g/mol. The Bertz CT molecular complexity index is 830. The van der Waals surface area contributed by atoms with E-state index in [1.54, 1.807) is 10.5 Å². The number of imidazole rings is 1. The van der Waals surface area contributed by atoms with Crippen LogP contribution in [0.15, 0.2) is 48.8 Å². The number of nitrogens with zero attached hydrogens (tertiary/aromatic N) is 2. The predicted molar refractivity (Wildman–Crippen MR) is 82.3 cm³/mol. The van der Waals surface area contributed by atoms with Crippen molar-refractivity contribution in [1.82, 2.24) is 9.38 Å². The first kappa shape index (κ1) is 13.1. The van der Waals surface area contributed by atoms with E-state index in [0.717, 1.165) is 11.1 Å². The molecule has 0 radical (unpaired) electrons. The summed E-state index contributed by atoms with van der Waals surface area (Å²) in [5, 5.41) is 8.94. The summed E-state index contributed by atoms with van der Waals surface area (Å²) in [6, 6.07) is 12.0. The van der Waals surface area contributed by atoms with Gasteiger partial charge in [0, 0.05) is 12.4 Å². The monoisotopic (exact) mass is 278 g/mol. The molecule has 0 amide bonds. The minimum atomic E-state index is -1.02. The lowest BCUT2D eigenvalue weighted by atomic mass is 10.1. The highest BCUT2D eigenvalue weighted by Crippen LogP contribution is 2.12. The fraction of sp³-hybridized carbons (Fsp3) is 0.0588. The number of hydrogen-bond acceptors (Lipinski definition) is 2. The zero-order valence-corrected chi connectivity index (χ0v) is 11.5. The smallest absolute Gasteiger partial charge is 0.356 e. The zero-order chi connectivity index (χ0) is 14.8. The third-order valence-corrected chi connectivity index (χ3v) is 3.24. The Kier molecular flexibility index (Phi) is 3.28. The standard InChI is InChI=1S/C17H14N2O2/c1-12-2-4-13(5-3-12)6-7-14-8-9-16-18-15(17(20)21)11-19(16)10-14/h2-11H,1H3,(H,20,21)/b7-6+. The Morgan fingerprint density at radius 3 is 2.43 bits per heavy atom. The van der Waals surface area contributed by atoms with Gasteiger partial charge in [-0.15, -0.1) is 0 Å². The molecule has 3 rings (SSSR count). The molecule has 0 unspecified atom stereocenters. The molecule has 0 aliphatic heterocycles. The summed E-state index contributed by atoms with van der Waals surface area (Å²) in [5.41, 5.74) is 4.01. The Balaban J connectivity index is 1.90. The Labute approximate surface area is 122 Å².